The lowest BCUT2D eigenvalue weighted by Crippen LogP contribution is -2.22. The van der Waals surface area contributed by atoms with E-state index in [9.17, 15) is 22.8 Å². The molecule has 0 aliphatic rings. The Hall–Kier alpha value is -3.34. The first-order valence-electron chi connectivity index (χ1n) is 7.40. The number of nitrogens with zero attached hydrogens (tertiary/aromatic N) is 1. The average Bonchev–Trinajstić information content (AvgIpc) is 2.61. The molecular weight excluding hydrogens is 349 g/mol. The van der Waals surface area contributed by atoms with Gasteiger partial charge >= 0.3 is 12.1 Å². The van der Waals surface area contributed by atoms with Crippen LogP contribution in [0.15, 0.2) is 48.5 Å². The Morgan fingerprint density at radius 2 is 1.73 bits per heavy atom. The Balaban J connectivity index is 1.95. The van der Waals surface area contributed by atoms with Crippen molar-refractivity contribution in [3.63, 3.8) is 0 Å². The molecule has 26 heavy (non-hydrogen) atoms. The molecule has 0 spiro atoms. The van der Waals surface area contributed by atoms with Gasteiger partial charge in [0.2, 0.25) is 0 Å². The van der Waals surface area contributed by atoms with Gasteiger partial charge in [-0.2, -0.15) is 18.4 Å². The largest absolute Gasteiger partial charge is 0.452 e. The average molecular weight is 362 g/mol. The first-order valence-corrected chi connectivity index (χ1v) is 7.40. The molecule has 0 fully saturated rings. The van der Waals surface area contributed by atoms with Crippen LogP contribution in [0.25, 0.3) is 0 Å². The minimum absolute atomic E-state index is 0.227. The van der Waals surface area contributed by atoms with Gasteiger partial charge < -0.3 is 10.1 Å². The van der Waals surface area contributed by atoms with Crippen LogP contribution in [0, 0.1) is 11.3 Å². The molecule has 2 aromatic rings. The molecule has 0 saturated carbocycles. The fourth-order valence-corrected chi connectivity index (χ4v) is 2.11. The van der Waals surface area contributed by atoms with Crippen molar-refractivity contribution >= 4 is 17.6 Å². The third kappa shape index (κ3) is 5.08. The monoisotopic (exact) mass is 362 g/mol. The third-order valence-corrected chi connectivity index (χ3v) is 3.31. The number of benzene rings is 2. The quantitative estimate of drug-likeness (QED) is 0.825. The molecule has 0 aliphatic heterocycles. The van der Waals surface area contributed by atoms with Gasteiger partial charge in [0.1, 0.15) is 0 Å². The van der Waals surface area contributed by atoms with Crippen molar-refractivity contribution < 1.29 is 27.5 Å². The second-order valence-corrected chi connectivity index (χ2v) is 5.20. The van der Waals surface area contributed by atoms with E-state index in [-0.39, 0.29) is 6.42 Å². The second-order valence-electron chi connectivity index (χ2n) is 5.20. The minimum Gasteiger partial charge on any atom is -0.452 e. The molecule has 0 saturated heterocycles. The van der Waals surface area contributed by atoms with Crippen LogP contribution in [-0.2, 0) is 22.1 Å². The molecule has 1 amide bonds. The number of rotatable bonds is 5. The number of carbonyl (C=O) groups is 2. The lowest BCUT2D eigenvalue weighted by Gasteiger charge is -2.12. The number of ether oxygens (including phenoxy) is 1. The molecule has 5 nitrogen and oxygen atoms in total. The SMILES string of the molecule is N#CCc1ccc(NC(=O)COC(=O)c2ccccc2C(F)(F)F)cc1. The molecule has 0 radical (unpaired) electrons. The molecule has 0 aromatic heterocycles. The summed E-state index contributed by atoms with van der Waals surface area (Å²) in [5, 5.41) is 11.0. The van der Waals surface area contributed by atoms with E-state index in [2.05, 4.69) is 10.1 Å². The molecule has 0 aliphatic carbocycles. The fraction of sp³-hybridized carbons (Fsp3) is 0.167. The number of nitrogens with one attached hydrogen (secondary N) is 1. The fourth-order valence-electron chi connectivity index (χ4n) is 2.11. The summed E-state index contributed by atoms with van der Waals surface area (Å²) in [5.74, 6) is -1.94. The van der Waals surface area contributed by atoms with Crippen molar-refractivity contribution in [2.75, 3.05) is 11.9 Å². The van der Waals surface area contributed by atoms with Gasteiger partial charge in [0.25, 0.3) is 5.91 Å². The Morgan fingerprint density at radius 3 is 2.35 bits per heavy atom. The minimum atomic E-state index is -4.71. The molecule has 8 heteroatoms. The van der Waals surface area contributed by atoms with E-state index in [1.807, 2.05) is 6.07 Å². The molecule has 2 aromatic carbocycles. The van der Waals surface area contributed by atoms with Gasteiger partial charge in [-0.1, -0.05) is 24.3 Å². The molecule has 134 valence electrons. The molecule has 0 atom stereocenters. The van der Waals surface area contributed by atoms with Crippen LogP contribution in [-0.4, -0.2) is 18.5 Å². The number of alkyl halides is 3. The van der Waals surface area contributed by atoms with Gasteiger partial charge in [-0.05, 0) is 29.8 Å². The molecule has 2 rings (SSSR count). The Morgan fingerprint density at radius 1 is 1.08 bits per heavy atom. The number of hydrogen-bond acceptors (Lipinski definition) is 4. The topological polar surface area (TPSA) is 79.2 Å². The van der Waals surface area contributed by atoms with Gasteiger partial charge in [0, 0.05) is 5.69 Å². The number of anilines is 1. The lowest BCUT2D eigenvalue weighted by atomic mass is 10.1. The Kier molecular flexibility index (Phi) is 5.96. The number of esters is 1. The zero-order valence-electron chi connectivity index (χ0n) is 13.3. The van der Waals surface area contributed by atoms with E-state index in [4.69, 9.17) is 5.26 Å². The van der Waals surface area contributed by atoms with E-state index >= 15 is 0 Å². The van der Waals surface area contributed by atoms with E-state index in [0.717, 1.165) is 23.8 Å². The second kappa shape index (κ2) is 8.16. The van der Waals surface area contributed by atoms with E-state index in [0.29, 0.717) is 5.69 Å². The summed E-state index contributed by atoms with van der Waals surface area (Å²) in [6.07, 6.45) is -4.48. The third-order valence-electron chi connectivity index (χ3n) is 3.31. The van der Waals surface area contributed by atoms with Crippen LogP contribution >= 0.6 is 0 Å². The highest BCUT2D eigenvalue weighted by atomic mass is 19.4. The van der Waals surface area contributed by atoms with E-state index < -0.39 is 35.8 Å². The van der Waals surface area contributed by atoms with Gasteiger partial charge in [-0.3, -0.25) is 4.79 Å². The number of hydrogen-bond donors (Lipinski definition) is 1. The molecule has 0 unspecified atom stereocenters. The maximum absolute atomic E-state index is 12.9. The van der Waals surface area contributed by atoms with Crippen LogP contribution < -0.4 is 5.32 Å². The summed E-state index contributed by atoms with van der Waals surface area (Å²) in [6.45, 7) is -0.731. The highest BCUT2D eigenvalue weighted by molar-refractivity contribution is 5.96. The van der Waals surface area contributed by atoms with Crippen molar-refractivity contribution in [3.05, 3.63) is 65.2 Å². The lowest BCUT2D eigenvalue weighted by molar-refractivity contribution is -0.138. The maximum Gasteiger partial charge on any atom is 0.417 e. The first-order chi connectivity index (χ1) is 12.3. The van der Waals surface area contributed by atoms with Crippen LogP contribution in [0.2, 0.25) is 0 Å². The van der Waals surface area contributed by atoms with Gasteiger partial charge in [-0.15, -0.1) is 0 Å². The molecule has 0 heterocycles. The molecule has 0 bridgehead atoms. The maximum atomic E-state index is 12.9. The normalized spacial score (nSPS) is 10.7. The van der Waals surface area contributed by atoms with Gasteiger partial charge in [-0.25, -0.2) is 4.79 Å². The van der Waals surface area contributed by atoms with E-state index in [1.165, 1.54) is 6.07 Å². The molecule has 1 N–H and O–H groups in total. The number of carbonyl (C=O) groups excluding carboxylic acids is 2. The van der Waals surface area contributed by atoms with Gasteiger partial charge in [0.15, 0.2) is 6.61 Å². The standard InChI is InChI=1S/C18H13F3N2O3/c19-18(20,21)15-4-2-1-3-14(15)17(25)26-11-16(24)23-13-7-5-12(6-8-13)9-10-22/h1-8H,9,11H2,(H,23,24). The Bertz CT molecular complexity index is 840. The van der Waals surface area contributed by atoms with Crippen molar-refractivity contribution in [3.8, 4) is 6.07 Å². The summed E-state index contributed by atoms with van der Waals surface area (Å²) in [5.41, 5.74) is -0.615. The van der Waals surface area contributed by atoms with Crippen molar-refractivity contribution in [2.24, 2.45) is 0 Å². The number of halogens is 3. The summed E-state index contributed by atoms with van der Waals surface area (Å²) < 4.78 is 43.3. The predicted molar refractivity (Wildman–Crippen MR) is 86.1 cm³/mol. The highest BCUT2D eigenvalue weighted by Crippen LogP contribution is 2.32. The van der Waals surface area contributed by atoms with Crippen LogP contribution in [0.5, 0.6) is 0 Å². The Labute approximate surface area is 147 Å². The van der Waals surface area contributed by atoms with Crippen LogP contribution in [0.3, 0.4) is 0 Å². The van der Waals surface area contributed by atoms with Gasteiger partial charge in [0.05, 0.1) is 23.6 Å². The summed E-state index contributed by atoms with van der Waals surface area (Å²) >= 11 is 0. The van der Waals surface area contributed by atoms with Crippen molar-refractivity contribution in [1.29, 1.82) is 5.26 Å². The molecular formula is C18H13F3N2O3. The summed E-state index contributed by atoms with van der Waals surface area (Å²) in [6, 6.07) is 12.6. The van der Waals surface area contributed by atoms with Crippen molar-refractivity contribution in [1.82, 2.24) is 0 Å². The summed E-state index contributed by atoms with van der Waals surface area (Å²) in [7, 11) is 0. The number of nitriles is 1. The van der Waals surface area contributed by atoms with Crippen LogP contribution in [0.4, 0.5) is 18.9 Å². The zero-order chi connectivity index (χ0) is 19.2. The zero-order valence-corrected chi connectivity index (χ0v) is 13.3. The van der Waals surface area contributed by atoms with E-state index in [1.54, 1.807) is 24.3 Å². The highest BCUT2D eigenvalue weighted by Gasteiger charge is 2.35. The smallest absolute Gasteiger partial charge is 0.417 e. The van der Waals surface area contributed by atoms with Crippen LogP contribution in [0.1, 0.15) is 21.5 Å². The van der Waals surface area contributed by atoms with Crippen molar-refractivity contribution in [2.45, 2.75) is 12.6 Å². The first kappa shape index (κ1) is 19.0. The number of amides is 1. The predicted octanol–water partition coefficient (Wildman–Crippen LogP) is 3.57. The summed E-state index contributed by atoms with van der Waals surface area (Å²) in [4.78, 5) is 23.6.